The molecule has 2 aromatic rings. The molecule has 0 saturated heterocycles. The van der Waals surface area contributed by atoms with Crippen LogP contribution in [0.2, 0.25) is 5.02 Å². The van der Waals surface area contributed by atoms with Crippen molar-refractivity contribution in [2.24, 2.45) is 0 Å². The summed E-state index contributed by atoms with van der Waals surface area (Å²) in [4.78, 5) is 40.7. The van der Waals surface area contributed by atoms with Gasteiger partial charge in [0.1, 0.15) is 0 Å². The Morgan fingerprint density at radius 1 is 1.26 bits per heavy atom. The number of rotatable bonds is 3. The molecule has 0 spiro atoms. The lowest BCUT2D eigenvalue weighted by molar-refractivity contribution is -0.144. The van der Waals surface area contributed by atoms with E-state index in [1.165, 1.54) is 0 Å². The Kier molecular flexibility index (Phi) is 3.64. The second kappa shape index (κ2) is 5.38. The third-order valence-corrected chi connectivity index (χ3v) is 4.44. The highest BCUT2D eigenvalue weighted by molar-refractivity contribution is 6.32. The van der Waals surface area contributed by atoms with Crippen LogP contribution in [0.4, 0.5) is 0 Å². The molecule has 7 heteroatoms. The first-order chi connectivity index (χ1) is 10.9. The zero-order chi connectivity index (χ0) is 16.8. The maximum absolute atomic E-state index is 12.1. The summed E-state index contributed by atoms with van der Waals surface area (Å²) in [6.07, 6.45) is 0.00651. The molecule has 0 aliphatic heterocycles. The number of aromatic amines is 2. The summed E-state index contributed by atoms with van der Waals surface area (Å²) in [5, 5.41) is 0.465. The van der Waals surface area contributed by atoms with Crippen molar-refractivity contribution in [1.29, 1.82) is 0 Å². The molecule has 3 rings (SSSR count). The number of aromatic nitrogens is 2. The summed E-state index contributed by atoms with van der Waals surface area (Å²) in [5.41, 5.74) is -0.0247. The molecule has 1 unspecified atom stereocenters. The standard InChI is InChI=1S/C16H15ClN2O4/c1-3-23-10(20)7-16(2)11-8(5-4-6-9(11)17)12-13(16)19-15(22)14(21)18-12/h4-6H,3,7H2,1-2H3,(H,18,21)(H,19,22). The summed E-state index contributed by atoms with van der Waals surface area (Å²) in [7, 11) is 0. The molecular weight excluding hydrogens is 320 g/mol. The van der Waals surface area contributed by atoms with Crippen LogP contribution in [-0.2, 0) is 14.9 Å². The highest BCUT2D eigenvalue weighted by atomic mass is 35.5. The number of halogens is 1. The SMILES string of the molecule is CCOC(=O)CC1(C)c2[nH]c(=O)c(=O)[nH]c2-c2cccc(Cl)c21. The van der Waals surface area contributed by atoms with E-state index in [0.717, 1.165) is 0 Å². The summed E-state index contributed by atoms with van der Waals surface area (Å²) < 4.78 is 5.05. The molecule has 120 valence electrons. The average molecular weight is 335 g/mol. The van der Waals surface area contributed by atoms with E-state index in [2.05, 4.69) is 9.97 Å². The van der Waals surface area contributed by atoms with Crippen LogP contribution in [0, 0.1) is 0 Å². The van der Waals surface area contributed by atoms with Gasteiger partial charge in [-0.2, -0.15) is 0 Å². The number of hydrogen-bond acceptors (Lipinski definition) is 4. The molecule has 6 nitrogen and oxygen atoms in total. The second-order valence-electron chi connectivity index (χ2n) is 5.63. The average Bonchev–Trinajstić information content (AvgIpc) is 2.71. The zero-order valence-corrected chi connectivity index (χ0v) is 13.4. The lowest BCUT2D eigenvalue weighted by atomic mass is 9.80. The van der Waals surface area contributed by atoms with Crippen molar-refractivity contribution in [2.75, 3.05) is 6.61 Å². The molecule has 1 aliphatic carbocycles. The Labute approximate surface area is 136 Å². The summed E-state index contributed by atoms with van der Waals surface area (Å²) in [6.45, 7) is 3.79. The normalized spacial score (nSPS) is 18.4. The minimum atomic E-state index is -0.876. The Balaban J connectivity index is 2.29. The molecule has 2 N–H and O–H groups in total. The number of nitrogens with one attached hydrogen (secondary N) is 2. The molecule has 1 aliphatic rings. The van der Waals surface area contributed by atoms with Crippen LogP contribution in [0.25, 0.3) is 11.3 Å². The highest BCUT2D eigenvalue weighted by Crippen LogP contribution is 2.50. The van der Waals surface area contributed by atoms with Crippen LogP contribution in [0.3, 0.4) is 0 Å². The largest absolute Gasteiger partial charge is 0.466 e. The zero-order valence-electron chi connectivity index (χ0n) is 12.7. The highest BCUT2D eigenvalue weighted by Gasteiger charge is 2.44. The van der Waals surface area contributed by atoms with Crippen molar-refractivity contribution >= 4 is 17.6 Å². The number of fused-ring (bicyclic) bond motifs is 3. The van der Waals surface area contributed by atoms with Crippen LogP contribution >= 0.6 is 11.6 Å². The third kappa shape index (κ3) is 2.30. The molecule has 0 radical (unpaired) electrons. The van der Waals surface area contributed by atoms with Crippen LogP contribution in [0.15, 0.2) is 27.8 Å². The fourth-order valence-electron chi connectivity index (χ4n) is 3.18. The van der Waals surface area contributed by atoms with E-state index >= 15 is 0 Å². The van der Waals surface area contributed by atoms with Gasteiger partial charge in [0.15, 0.2) is 0 Å². The summed E-state index contributed by atoms with van der Waals surface area (Å²) >= 11 is 6.35. The van der Waals surface area contributed by atoms with E-state index in [9.17, 15) is 14.4 Å². The fraction of sp³-hybridized carbons (Fsp3) is 0.312. The summed E-state index contributed by atoms with van der Waals surface area (Å²) in [5.74, 6) is -0.402. The van der Waals surface area contributed by atoms with Gasteiger partial charge >= 0.3 is 17.1 Å². The number of hydrogen-bond donors (Lipinski definition) is 2. The van der Waals surface area contributed by atoms with Crippen molar-refractivity contribution in [1.82, 2.24) is 9.97 Å². The monoisotopic (exact) mass is 334 g/mol. The van der Waals surface area contributed by atoms with Crippen LogP contribution < -0.4 is 11.1 Å². The molecule has 1 aromatic carbocycles. The second-order valence-corrected chi connectivity index (χ2v) is 6.04. The van der Waals surface area contributed by atoms with Crippen LogP contribution in [-0.4, -0.2) is 22.5 Å². The number of carbonyl (C=O) groups excluding carboxylic acids is 1. The summed E-state index contributed by atoms with van der Waals surface area (Å²) in [6, 6.07) is 5.26. The maximum atomic E-state index is 12.1. The Bertz CT molecular complexity index is 915. The number of benzene rings is 1. The minimum Gasteiger partial charge on any atom is -0.466 e. The topological polar surface area (TPSA) is 92.0 Å². The number of H-pyrrole nitrogens is 2. The van der Waals surface area contributed by atoms with Gasteiger partial charge in [-0.1, -0.05) is 23.7 Å². The van der Waals surface area contributed by atoms with E-state index in [1.807, 2.05) is 0 Å². The molecule has 0 saturated carbocycles. The molecule has 1 heterocycles. The number of esters is 1. The number of ether oxygens (including phenoxy) is 1. The molecule has 0 bridgehead atoms. The van der Waals surface area contributed by atoms with Gasteiger partial charge in [0.25, 0.3) is 0 Å². The minimum absolute atomic E-state index is 0.00651. The van der Waals surface area contributed by atoms with Crippen molar-refractivity contribution in [2.45, 2.75) is 25.7 Å². The lowest BCUT2D eigenvalue weighted by Gasteiger charge is -2.26. The Hall–Kier alpha value is -2.34. The van der Waals surface area contributed by atoms with Crippen molar-refractivity contribution in [3.63, 3.8) is 0 Å². The third-order valence-electron chi connectivity index (χ3n) is 4.12. The first-order valence-corrected chi connectivity index (χ1v) is 7.58. The van der Waals surface area contributed by atoms with Crippen LogP contribution in [0.1, 0.15) is 31.5 Å². The molecule has 0 fully saturated rings. The van der Waals surface area contributed by atoms with E-state index in [0.29, 0.717) is 27.5 Å². The maximum Gasteiger partial charge on any atom is 0.314 e. The van der Waals surface area contributed by atoms with Gasteiger partial charge in [-0.3, -0.25) is 14.4 Å². The van der Waals surface area contributed by atoms with E-state index in [-0.39, 0.29) is 13.0 Å². The molecule has 0 amide bonds. The first-order valence-electron chi connectivity index (χ1n) is 7.20. The Morgan fingerprint density at radius 3 is 2.65 bits per heavy atom. The fourth-order valence-corrected chi connectivity index (χ4v) is 3.56. The Morgan fingerprint density at radius 2 is 1.96 bits per heavy atom. The van der Waals surface area contributed by atoms with E-state index < -0.39 is 22.5 Å². The van der Waals surface area contributed by atoms with E-state index in [1.54, 1.807) is 32.0 Å². The van der Waals surface area contributed by atoms with Gasteiger partial charge in [-0.05, 0) is 25.5 Å². The quantitative estimate of drug-likeness (QED) is 0.663. The predicted octanol–water partition coefficient (Wildman–Crippen LogP) is 1.96. The smallest absolute Gasteiger partial charge is 0.314 e. The van der Waals surface area contributed by atoms with Crippen molar-refractivity contribution in [3.05, 3.63) is 55.2 Å². The van der Waals surface area contributed by atoms with Gasteiger partial charge in [0.2, 0.25) is 0 Å². The molecule has 1 atom stereocenters. The molecule has 1 aromatic heterocycles. The number of carbonyl (C=O) groups is 1. The van der Waals surface area contributed by atoms with Crippen molar-refractivity contribution < 1.29 is 9.53 Å². The predicted molar refractivity (Wildman–Crippen MR) is 85.8 cm³/mol. The van der Waals surface area contributed by atoms with Gasteiger partial charge in [0.05, 0.1) is 24.4 Å². The van der Waals surface area contributed by atoms with Gasteiger partial charge in [-0.15, -0.1) is 0 Å². The first kappa shape index (κ1) is 15.6. The van der Waals surface area contributed by atoms with Crippen LogP contribution in [0.5, 0.6) is 0 Å². The lowest BCUT2D eigenvalue weighted by Crippen LogP contribution is -2.35. The van der Waals surface area contributed by atoms with Crippen molar-refractivity contribution in [3.8, 4) is 11.3 Å². The van der Waals surface area contributed by atoms with Gasteiger partial charge in [-0.25, -0.2) is 0 Å². The van der Waals surface area contributed by atoms with E-state index in [4.69, 9.17) is 16.3 Å². The van der Waals surface area contributed by atoms with Gasteiger partial charge in [0, 0.05) is 16.0 Å². The van der Waals surface area contributed by atoms with Gasteiger partial charge < -0.3 is 14.7 Å². The molecule has 23 heavy (non-hydrogen) atoms. The molecular formula is C16H15ClN2O4.